The van der Waals surface area contributed by atoms with Crippen LogP contribution in [0.3, 0.4) is 0 Å². The van der Waals surface area contributed by atoms with E-state index < -0.39 is 0 Å². The van der Waals surface area contributed by atoms with Gasteiger partial charge in [0.15, 0.2) is 0 Å². The van der Waals surface area contributed by atoms with Crippen LogP contribution in [0.25, 0.3) is 0 Å². The van der Waals surface area contributed by atoms with Crippen molar-refractivity contribution in [2.75, 3.05) is 39.3 Å². The van der Waals surface area contributed by atoms with Crippen molar-refractivity contribution < 1.29 is 0 Å². The highest BCUT2D eigenvalue weighted by Gasteiger charge is 2.14. The summed E-state index contributed by atoms with van der Waals surface area (Å²) < 4.78 is 2.13. The van der Waals surface area contributed by atoms with E-state index in [4.69, 9.17) is 0 Å². The molecule has 1 saturated heterocycles. The monoisotopic (exact) mass is 250 g/mol. The molecule has 0 spiro atoms. The standard InChI is InChI=1S/C14H26N4/c1-3-7-17-8-4-9-18(13-12-17)10-5-14-15-6-11-16(14)2/h6,11H,3-5,7-10,12-13H2,1-2H3. The number of rotatable bonds is 5. The van der Waals surface area contributed by atoms with Gasteiger partial charge >= 0.3 is 0 Å². The smallest absolute Gasteiger partial charge is 0.109 e. The van der Waals surface area contributed by atoms with Gasteiger partial charge < -0.3 is 14.4 Å². The molecule has 1 aliphatic heterocycles. The van der Waals surface area contributed by atoms with Crippen LogP contribution in [-0.2, 0) is 13.5 Å². The van der Waals surface area contributed by atoms with Gasteiger partial charge in [0.25, 0.3) is 0 Å². The average molecular weight is 250 g/mol. The van der Waals surface area contributed by atoms with Crippen LogP contribution >= 0.6 is 0 Å². The molecule has 18 heavy (non-hydrogen) atoms. The second-order valence-corrected chi connectivity index (χ2v) is 5.24. The summed E-state index contributed by atoms with van der Waals surface area (Å²) in [6.45, 7) is 9.62. The molecule has 4 nitrogen and oxygen atoms in total. The van der Waals surface area contributed by atoms with Crippen molar-refractivity contribution >= 4 is 0 Å². The maximum absolute atomic E-state index is 4.39. The molecule has 102 valence electrons. The molecule has 1 aromatic rings. The topological polar surface area (TPSA) is 24.3 Å². The van der Waals surface area contributed by atoms with Crippen molar-refractivity contribution in [1.29, 1.82) is 0 Å². The summed E-state index contributed by atoms with van der Waals surface area (Å²) in [5.41, 5.74) is 0. The van der Waals surface area contributed by atoms with Crippen LogP contribution in [0.5, 0.6) is 0 Å². The molecule has 0 aromatic carbocycles. The zero-order chi connectivity index (χ0) is 12.8. The minimum absolute atomic E-state index is 1.07. The van der Waals surface area contributed by atoms with Gasteiger partial charge in [-0.05, 0) is 32.5 Å². The van der Waals surface area contributed by atoms with Crippen LogP contribution in [0.2, 0.25) is 0 Å². The Morgan fingerprint density at radius 3 is 2.44 bits per heavy atom. The Morgan fingerprint density at radius 2 is 1.83 bits per heavy atom. The summed E-state index contributed by atoms with van der Waals surface area (Å²) in [6.07, 6.45) is 7.56. The third kappa shape index (κ3) is 3.82. The van der Waals surface area contributed by atoms with Gasteiger partial charge in [-0.1, -0.05) is 6.92 Å². The first-order chi connectivity index (χ1) is 8.79. The molecular formula is C14H26N4. The van der Waals surface area contributed by atoms with Crippen molar-refractivity contribution in [1.82, 2.24) is 19.4 Å². The first-order valence-corrected chi connectivity index (χ1v) is 7.20. The van der Waals surface area contributed by atoms with Gasteiger partial charge in [-0.3, -0.25) is 0 Å². The van der Waals surface area contributed by atoms with E-state index in [0.29, 0.717) is 0 Å². The summed E-state index contributed by atoms with van der Waals surface area (Å²) in [4.78, 5) is 9.58. The summed E-state index contributed by atoms with van der Waals surface area (Å²) in [5.74, 6) is 1.20. The molecule has 0 N–H and O–H groups in total. The van der Waals surface area contributed by atoms with Crippen LogP contribution in [0.1, 0.15) is 25.6 Å². The molecule has 1 aliphatic rings. The lowest BCUT2D eigenvalue weighted by molar-refractivity contribution is 0.257. The van der Waals surface area contributed by atoms with Gasteiger partial charge in [0.05, 0.1) is 0 Å². The van der Waals surface area contributed by atoms with Crippen LogP contribution < -0.4 is 0 Å². The highest BCUT2D eigenvalue weighted by molar-refractivity contribution is 4.91. The largest absolute Gasteiger partial charge is 0.338 e. The van der Waals surface area contributed by atoms with Gasteiger partial charge in [0.2, 0.25) is 0 Å². The van der Waals surface area contributed by atoms with Crippen LogP contribution in [0, 0.1) is 0 Å². The summed E-state index contributed by atoms with van der Waals surface area (Å²) in [6, 6.07) is 0. The Bertz CT molecular complexity index is 347. The van der Waals surface area contributed by atoms with E-state index in [2.05, 4.69) is 33.3 Å². The van der Waals surface area contributed by atoms with Gasteiger partial charge in [-0.15, -0.1) is 0 Å². The van der Waals surface area contributed by atoms with Gasteiger partial charge in [-0.25, -0.2) is 4.98 Å². The van der Waals surface area contributed by atoms with Crippen molar-refractivity contribution in [3.8, 4) is 0 Å². The molecule has 2 rings (SSSR count). The van der Waals surface area contributed by atoms with Crippen molar-refractivity contribution in [2.24, 2.45) is 7.05 Å². The van der Waals surface area contributed by atoms with Crippen molar-refractivity contribution in [3.63, 3.8) is 0 Å². The molecule has 0 saturated carbocycles. The van der Waals surface area contributed by atoms with Crippen LogP contribution in [0.15, 0.2) is 12.4 Å². The first kappa shape index (κ1) is 13.6. The average Bonchev–Trinajstić information content (AvgIpc) is 2.63. The summed E-state index contributed by atoms with van der Waals surface area (Å²) >= 11 is 0. The predicted molar refractivity (Wildman–Crippen MR) is 74.7 cm³/mol. The fourth-order valence-electron chi connectivity index (χ4n) is 2.68. The van der Waals surface area contributed by atoms with E-state index in [1.54, 1.807) is 0 Å². The van der Waals surface area contributed by atoms with Gasteiger partial charge in [0, 0.05) is 45.5 Å². The minimum atomic E-state index is 1.07. The molecule has 0 radical (unpaired) electrons. The zero-order valence-corrected chi connectivity index (χ0v) is 11.8. The summed E-state index contributed by atoms with van der Waals surface area (Å²) in [7, 11) is 2.08. The SMILES string of the molecule is CCCN1CCCN(CCc2nccn2C)CC1. The normalized spacial score (nSPS) is 19.0. The first-order valence-electron chi connectivity index (χ1n) is 7.20. The second-order valence-electron chi connectivity index (χ2n) is 5.24. The molecule has 1 fully saturated rings. The zero-order valence-electron chi connectivity index (χ0n) is 11.8. The predicted octanol–water partition coefficient (Wildman–Crippen LogP) is 1.38. The highest BCUT2D eigenvalue weighted by atomic mass is 15.2. The fourth-order valence-corrected chi connectivity index (χ4v) is 2.68. The van der Waals surface area contributed by atoms with E-state index >= 15 is 0 Å². The van der Waals surface area contributed by atoms with Crippen molar-refractivity contribution in [2.45, 2.75) is 26.2 Å². The van der Waals surface area contributed by atoms with E-state index in [9.17, 15) is 0 Å². The second kappa shape index (κ2) is 6.90. The van der Waals surface area contributed by atoms with Crippen LogP contribution in [0.4, 0.5) is 0 Å². The number of imidazole rings is 1. The van der Waals surface area contributed by atoms with E-state index in [0.717, 1.165) is 13.0 Å². The lowest BCUT2D eigenvalue weighted by Gasteiger charge is -2.21. The molecule has 2 heterocycles. The third-order valence-electron chi connectivity index (χ3n) is 3.79. The number of aryl methyl sites for hydroxylation is 1. The molecular weight excluding hydrogens is 224 g/mol. The molecule has 0 aliphatic carbocycles. The number of aromatic nitrogens is 2. The van der Waals surface area contributed by atoms with E-state index in [-0.39, 0.29) is 0 Å². The fraction of sp³-hybridized carbons (Fsp3) is 0.786. The Kier molecular flexibility index (Phi) is 5.20. The lowest BCUT2D eigenvalue weighted by Crippen LogP contribution is -2.32. The molecule has 4 heteroatoms. The number of nitrogens with zero attached hydrogens (tertiary/aromatic N) is 4. The molecule has 0 atom stereocenters. The number of hydrogen-bond acceptors (Lipinski definition) is 3. The molecule has 0 amide bonds. The minimum Gasteiger partial charge on any atom is -0.338 e. The van der Waals surface area contributed by atoms with Crippen molar-refractivity contribution in [3.05, 3.63) is 18.2 Å². The van der Waals surface area contributed by atoms with E-state index in [1.807, 2.05) is 12.4 Å². The Balaban J connectivity index is 1.75. The Hall–Kier alpha value is -0.870. The maximum atomic E-state index is 4.39. The lowest BCUT2D eigenvalue weighted by atomic mass is 10.3. The van der Waals surface area contributed by atoms with Gasteiger partial charge in [0.1, 0.15) is 5.82 Å². The van der Waals surface area contributed by atoms with E-state index in [1.165, 1.54) is 51.4 Å². The number of hydrogen-bond donors (Lipinski definition) is 0. The summed E-state index contributed by atoms with van der Waals surface area (Å²) in [5, 5.41) is 0. The van der Waals surface area contributed by atoms with Crippen LogP contribution in [-0.4, -0.2) is 58.6 Å². The molecule has 0 bridgehead atoms. The highest BCUT2D eigenvalue weighted by Crippen LogP contribution is 2.05. The maximum Gasteiger partial charge on any atom is 0.109 e. The Labute approximate surface area is 111 Å². The third-order valence-corrected chi connectivity index (χ3v) is 3.79. The quantitative estimate of drug-likeness (QED) is 0.789. The Morgan fingerprint density at radius 1 is 1.11 bits per heavy atom. The van der Waals surface area contributed by atoms with Gasteiger partial charge in [-0.2, -0.15) is 0 Å². The molecule has 0 unspecified atom stereocenters. The molecule has 1 aromatic heterocycles.